The lowest BCUT2D eigenvalue weighted by atomic mass is 10.0. The summed E-state index contributed by atoms with van der Waals surface area (Å²) >= 11 is 12.3. The van der Waals surface area contributed by atoms with Gasteiger partial charge in [0.15, 0.2) is 11.4 Å². The van der Waals surface area contributed by atoms with E-state index in [0.29, 0.717) is 28.5 Å². The molecule has 1 unspecified atom stereocenters. The molecule has 0 saturated heterocycles. The molecule has 0 fully saturated rings. The number of rotatable bonds is 6. The number of amides is 1. The van der Waals surface area contributed by atoms with Gasteiger partial charge >= 0.3 is 0 Å². The van der Waals surface area contributed by atoms with Crippen molar-refractivity contribution in [2.45, 2.75) is 19.4 Å². The number of carbonyl (C=O) groups excluding carboxylic acids is 1. The number of halogens is 3. The van der Waals surface area contributed by atoms with Crippen molar-refractivity contribution in [3.63, 3.8) is 0 Å². The van der Waals surface area contributed by atoms with Crippen molar-refractivity contribution in [1.82, 2.24) is 4.98 Å². The molecule has 0 aliphatic carbocycles. The van der Waals surface area contributed by atoms with E-state index in [1.165, 1.54) is 12.1 Å². The summed E-state index contributed by atoms with van der Waals surface area (Å²) in [5.41, 5.74) is 14.2. The molecule has 2 aromatic carbocycles. The monoisotopic (exact) mass is 473 g/mol. The number of fused-ring (bicyclic) bond motifs is 1. The minimum absolute atomic E-state index is 0.102. The highest BCUT2D eigenvalue weighted by Crippen LogP contribution is 2.40. The Hall–Kier alpha value is -3.29. The Balaban J connectivity index is 1.69. The molecule has 1 amide bonds. The van der Waals surface area contributed by atoms with Gasteiger partial charge in [0, 0.05) is 39.7 Å². The van der Waals surface area contributed by atoms with Crippen LogP contribution < -0.4 is 16.2 Å². The van der Waals surface area contributed by atoms with E-state index in [4.69, 9.17) is 43.8 Å². The fourth-order valence-electron chi connectivity index (χ4n) is 3.49. The number of primary amides is 1. The molecule has 2 aromatic heterocycles. The van der Waals surface area contributed by atoms with Crippen molar-refractivity contribution < 1.29 is 18.3 Å². The van der Waals surface area contributed by atoms with Gasteiger partial charge in [0.1, 0.15) is 11.9 Å². The second kappa shape index (κ2) is 8.68. The lowest BCUT2D eigenvalue weighted by Gasteiger charge is -2.18. The normalized spacial score (nSPS) is 12.1. The number of aromatic nitrogens is 1. The average Bonchev–Trinajstić information content (AvgIpc) is 3.16. The van der Waals surface area contributed by atoms with E-state index in [1.807, 2.05) is 6.07 Å². The van der Waals surface area contributed by atoms with Crippen LogP contribution in [0, 0.1) is 5.82 Å². The highest BCUT2D eigenvalue weighted by Gasteiger charge is 2.23. The maximum atomic E-state index is 13.9. The summed E-state index contributed by atoms with van der Waals surface area (Å²) in [5.74, 6) is -0.810. The van der Waals surface area contributed by atoms with Gasteiger partial charge in [-0.2, -0.15) is 0 Å². The maximum absolute atomic E-state index is 13.9. The second-order valence-electron chi connectivity index (χ2n) is 7.23. The molecule has 0 aliphatic rings. The number of nitrogens with two attached hydrogens (primary N) is 2. The molecule has 0 bridgehead atoms. The first-order chi connectivity index (χ1) is 15.3. The molecule has 6 nitrogen and oxygen atoms in total. The van der Waals surface area contributed by atoms with Crippen molar-refractivity contribution in [3.8, 4) is 5.75 Å². The van der Waals surface area contributed by atoms with Crippen molar-refractivity contribution in [3.05, 3.63) is 87.0 Å². The summed E-state index contributed by atoms with van der Waals surface area (Å²) in [6.07, 6.45) is 2.89. The average molecular weight is 474 g/mol. The minimum Gasteiger partial charge on any atom is -0.478 e. The van der Waals surface area contributed by atoms with Crippen LogP contribution in [0.5, 0.6) is 5.75 Å². The van der Waals surface area contributed by atoms with Crippen LogP contribution >= 0.6 is 23.2 Å². The third kappa shape index (κ3) is 4.09. The van der Waals surface area contributed by atoms with E-state index in [2.05, 4.69) is 4.98 Å². The second-order valence-corrected chi connectivity index (χ2v) is 8.02. The fraction of sp³-hybridized carbons (Fsp3) is 0.130. The number of anilines is 1. The van der Waals surface area contributed by atoms with Gasteiger partial charge in [0.25, 0.3) is 0 Å². The van der Waals surface area contributed by atoms with E-state index in [9.17, 15) is 9.18 Å². The van der Waals surface area contributed by atoms with E-state index < -0.39 is 17.8 Å². The van der Waals surface area contributed by atoms with Crippen LogP contribution in [-0.2, 0) is 6.42 Å². The van der Waals surface area contributed by atoms with Gasteiger partial charge in [-0.1, -0.05) is 35.3 Å². The Kier molecular flexibility index (Phi) is 5.95. The lowest BCUT2D eigenvalue weighted by molar-refractivity contribution is 0.1000. The van der Waals surface area contributed by atoms with Gasteiger partial charge in [-0.15, -0.1) is 0 Å². The number of benzene rings is 2. The first-order valence-corrected chi connectivity index (χ1v) is 10.3. The molecule has 4 rings (SSSR count). The van der Waals surface area contributed by atoms with E-state index >= 15 is 0 Å². The number of nitrogen functional groups attached to an aromatic ring is 1. The Morgan fingerprint density at radius 2 is 2.06 bits per heavy atom. The summed E-state index contributed by atoms with van der Waals surface area (Å²) in [7, 11) is 0. The van der Waals surface area contributed by atoms with Gasteiger partial charge in [-0.05, 0) is 36.8 Å². The number of nitrogens with zero attached hydrogens (tertiary/aromatic N) is 1. The topological polar surface area (TPSA) is 104 Å². The number of pyridine rings is 1. The highest BCUT2D eigenvalue weighted by molar-refractivity contribution is 6.36. The van der Waals surface area contributed by atoms with Gasteiger partial charge < -0.3 is 20.6 Å². The standard InChI is InChI=1S/C23H18Cl2FN3O3/c1-11(18-16(24)5-6-17(26)19(18)25)32-21-20-15(9-29-22(21)27)14(10-31-20)8-12-3-2-4-13(7-12)23(28)30/h2-7,9-11H,8H2,1H3,(H2,27,29)(H2,28,30). The largest absolute Gasteiger partial charge is 0.478 e. The molecule has 0 spiro atoms. The SMILES string of the molecule is CC(Oc1c(N)ncc2c(Cc3cccc(C(N)=O)c3)coc12)c1c(Cl)ccc(F)c1Cl. The van der Waals surface area contributed by atoms with Gasteiger partial charge in [0.2, 0.25) is 11.7 Å². The van der Waals surface area contributed by atoms with Gasteiger partial charge in [-0.3, -0.25) is 4.79 Å². The Morgan fingerprint density at radius 3 is 2.81 bits per heavy atom. The molecule has 1 atom stereocenters. The van der Waals surface area contributed by atoms with E-state index in [0.717, 1.165) is 11.1 Å². The van der Waals surface area contributed by atoms with Crippen molar-refractivity contribution in [1.29, 1.82) is 0 Å². The molecule has 0 radical (unpaired) electrons. The third-order valence-corrected chi connectivity index (χ3v) is 5.78. The molecule has 0 saturated carbocycles. The number of hydrogen-bond donors (Lipinski definition) is 2. The molecule has 4 aromatic rings. The number of ether oxygens (including phenoxy) is 1. The molecule has 9 heteroatoms. The Labute approximate surface area is 192 Å². The Morgan fingerprint density at radius 1 is 1.28 bits per heavy atom. The zero-order valence-electron chi connectivity index (χ0n) is 16.9. The van der Waals surface area contributed by atoms with E-state index in [-0.39, 0.29) is 21.6 Å². The molecular weight excluding hydrogens is 456 g/mol. The molecule has 2 heterocycles. The molecule has 0 aliphatic heterocycles. The van der Waals surface area contributed by atoms with Crippen LogP contribution in [0.2, 0.25) is 10.0 Å². The summed E-state index contributed by atoms with van der Waals surface area (Å²) in [6.45, 7) is 1.67. The number of furan rings is 1. The van der Waals surface area contributed by atoms with Crippen molar-refractivity contribution in [2.75, 3.05) is 5.73 Å². The fourth-order valence-corrected chi connectivity index (χ4v) is 4.16. The predicted molar refractivity (Wildman–Crippen MR) is 122 cm³/mol. The van der Waals surface area contributed by atoms with E-state index in [1.54, 1.807) is 37.6 Å². The van der Waals surface area contributed by atoms with Crippen LogP contribution in [0.15, 0.2) is 53.3 Å². The van der Waals surface area contributed by atoms with Crippen LogP contribution in [0.1, 0.15) is 40.1 Å². The number of carbonyl (C=O) groups is 1. The third-order valence-electron chi connectivity index (χ3n) is 5.07. The zero-order valence-corrected chi connectivity index (χ0v) is 18.4. The van der Waals surface area contributed by atoms with Crippen LogP contribution in [-0.4, -0.2) is 10.9 Å². The predicted octanol–water partition coefficient (Wildman–Crippen LogP) is 5.69. The molecule has 164 valence electrons. The first kappa shape index (κ1) is 21.9. The van der Waals surface area contributed by atoms with Crippen LogP contribution in [0.3, 0.4) is 0 Å². The zero-order chi connectivity index (χ0) is 23.0. The first-order valence-electron chi connectivity index (χ1n) is 9.59. The Bertz CT molecular complexity index is 1340. The summed E-state index contributed by atoms with van der Waals surface area (Å²) in [4.78, 5) is 15.7. The molecular formula is C23H18Cl2FN3O3. The summed E-state index contributed by atoms with van der Waals surface area (Å²) in [6, 6.07) is 9.60. The quantitative estimate of drug-likeness (QED) is 0.350. The summed E-state index contributed by atoms with van der Waals surface area (Å²) in [5, 5.41) is 0.817. The smallest absolute Gasteiger partial charge is 0.248 e. The lowest BCUT2D eigenvalue weighted by Crippen LogP contribution is -2.11. The van der Waals surface area contributed by atoms with Crippen LogP contribution in [0.4, 0.5) is 10.2 Å². The number of hydrogen-bond acceptors (Lipinski definition) is 5. The van der Waals surface area contributed by atoms with Gasteiger partial charge in [-0.25, -0.2) is 9.37 Å². The molecule has 4 N–H and O–H groups in total. The summed E-state index contributed by atoms with van der Waals surface area (Å²) < 4.78 is 25.7. The molecule has 32 heavy (non-hydrogen) atoms. The minimum atomic E-state index is -0.735. The van der Waals surface area contributed by atoms with Gasteiger partial charge in [0.05, 0.1) is 11.3 Å². The maximum Gasteiger partial charge on any atom is 0.248 e. The van der Waals surface area contributed by atoms with Crippen LogP contribution in [0.25, 0.3) is 11.0 Å². The highest BCUT2D eigenvalue weighted by atomic mass is 35.5. The van der Waals surface area contributed by atoms with Crippen molar-refractivity contribution >= 4 is 45.9 Å². The van der Waals surface area contributed by atoms with Crippen molar-refractivity contribution in [2.24, 2.45) is 5.73 Å².